The number of hydrogen-bond acceptors (Lipinski definition) is 2. The molecule has 5 nitrogen and oxygen atoms in total. The molecule has 0 saturated carbocycles. The van der Waals surface area contributed by atoms with Crippen LogP contribution in [0.15, 0.2) is 18.2 Å². The van der Waals surface area contributed by atoms with Crippen LogP contribution < -0.4 is 10.6 Å². The Morgan fingerprint density at radius 2 is 1.95 bits per heavy atom. The van der Waals surface area contributed by atoms with Gasteiger partial charge in [0.1, 0.15) is 0 Å². The van der Waals surface area contributed by atoms with E-state index < -0.39 is 11.4 Å². The van der Waals surface area contributed by atoms with Crippen LogP contribution in [-0.4, -0.2) is 23.7 Å². The second-order valence-electron chi connectivity index (χ2n) is 6.15. The van der Waals surface area contributed by atoms with E-state index in [1.54, 1.807) is 13.8 Å². The molecule has 2 rings (SSSR count). The van der Waals surface area contributed by atoms with E-state index in [-0.39, 0.29) is 12.6 Å². The Kier molecular flexibility index (Phi) is 4.50. The number of carboxylic acids is 1. The van der Waals surface area contributed by atoms with Crippen LogP contribution in [0.3, 0.4) is 0 Å². The number of aryl methyl sites for hydroxylation is 1. The number of nitrogens with one attached hydrogen (secondary N) is 2. The van der Waals surface area contributed by atoms with Crippen molar-refractivity contribution in [3.63, 3.8) is 0 Å². The molecule has 0 heterocycles. The third-order valence-corrected chi connectivity index (χ3v) is 3.91. The summed E-state index contributed by atoms with van der Waals surface area (Å²) < 4.78 is 0. The summed E-state index contributed by atoms with van der Waals surface area (Å²) in [5, 5.41) is 14.5. The van der Waals surface area contributed by atoms with Gasteiger partial charge in [-0.05, 0) is 56.7 Å². The molecule has 0 radical (unpaired) electrons. The number of carboxylic acid groups (broad SMARTS) is 1. The molecule has 0 spiro atoms. The highest BCUT2D eigenvalue weighted by atomic mass is 16.4. The third kappa shape index (κ3) is 3.74. The van der Waals surface area contributed by atoms with Crippen LogP contribution >= 0.6 is 0 Å². The molecule has 0 aliphatic heterocycles. The highest BCUT2D eigenvalue weighted by Crippen LogP contribution is 2.27. The van der Waals surface area contributed by atoms with Crippen molar-refractivity contribution >= 4 is 17.7 Å². The molecule has 0 bridgehead atoms. The maximum atomic E-state index is 12.0. The number of benzene rings is 1. The number of hydrogen-bond donors (Lipinski definition) is 3. The average molecular weight is 290 g/mol. The largest absolute Gasteiger partial charge is 0.481 e. The molecule has 0 saturated heterocycles. The van der Waals surface area contributed by atoms with E-state index in [1.807, 2.05) is 12.1 Å². The number of rotatable bonds is 4. The summed E-state index contributed by atoms with van der Waals surface area (Å²) in [4.78, 5) is 23.0. The Bertz CT molecular complexity index is 552. The van der Waals surface area contributed by atoms with Gasteiger partial charge in [0.25, 0.3) is 0 Å². The van der Waals surface area contributed by atoms with Crippen LogP contribution in [0.4, 0.5) is 10.5 Å². The highest BCUT2D eigenvalue weighted by Gasteiger charge is 2.27. The molecule has 2 amide bonds. The molecule has 1 aromatic rings. The molecule has 0 unspecified atom stereocenters. The molecule has 3 N–H and O–H groups in total. The van der Waals surface area contributed by atoms with E-state index in [0.29, 0.717) is 0 Å². The molecule has 21 heavy (non-hydrogen) atoms. The smallest absolute Gasteiger partial charge is 0.319 e. The first kappa shape index (κ1) is 15.4. The van der Waals surface area contributed by atoms with Crippen molar-refractivity contribution in [2.24, 2.45) is 5.41 Å². The zero-order valence-electron chi connectivity index (χ0n) is 12.5. The van der Waals surface area contributed by atoms with Crippen molar-refractivity contribution in [1.82, 2.24) is 5.32 Å². The lowest BCUT2D eigenvalue weighted by Crippen LogP contribution is -2.40. The molecule has 114 valence electrons. The SMILES string of the molecule is CC(C)(CNC(=O)Nc1cccc2c1CCCC2)C(=O)O. The van der Waals surface area contributed by atoms with Gasteiger partial charge in [-0.25, -0.2) is 4.79 Å². The lowest BCUT2D eigenvalue weighted by atomic mass is 9.90. The minimum atomic E-state index is -0.979. The number of carbonyl (C=O) groups is 2. The van der Waals surface area contributed by atoms with Gasteiger partial charge in [0.15, 0.2) is 0 Å². The Labute approximate surface area is 124 Å². The zero-order chi connectivity index (χ0) is 15.5. The number of urea groups is 1. The summed E-state index contributed by atoms with van der Waals surface area (Å²) in [6, 6.07) is 5.58. The molecular formula is C16H22N2O3. The van der Waals surface area contributed by atoms with E-state index in [0.717, 1.165) is 24.9 Å². The summed E-state index contributed by atoms with van der Waals surface area (Å²) in [5.41, 5.74) is 2.35. The van der Waals surface area contributed by atoms with Crippen LogP contribution in [0.25, 0.3) is 0 Å². The van der Waals surface area contributed by atoms with Gasteiger partial charge in [-0.2, -0.15) is 0 Å². The first-order chi connectivity index (χ1) is 9.90. The monoisotopic (exact) mass is 290 g/mol. The zero-order valence-corrected chi connectivity index (χ0v) is 12.5. The Morgan fingerprint density at radius 1 is 1.24 bits per heavy atom. The van der Waals surface area contributed by atoms with Gasteiger partial charge in [-0.15, -0.1) is 0 Å². The quantitative estimate of drug-likeness (QED) is 0.798. The number of aliphatic carboxylic acids is 1. The number of fused-ring (bicyclic) bond motifs is 1. The van der Waals surface area contributed by atoms with Crippen molar-refractivity contribution in [2.45, 2.75) is 39.5 Å². The van der Waals surface area contributed by atoms with Crippen molar-refractivity contribution in [2.75, 3.05) is 11.9 Å². The second kappa shape index (κ2) is 6.16. The van der Waals surface area contributed by atoms with E-state index in [2.05, 4.69) is 16.7 Å². The van der Waals surface area contributed by atoms with Gasteiger partial charge in [0.05, 0.1) is 5.41 Å². The standard InChI is InChI=1S/C16H22N2O3/c1-16(2,14(19)20)10-17-15(21)18-13-9-5-7-11-6-3-4-8-12(11)13/h5,7,9H,3-4,6,8,10H2,1-2H3,(H,19,20)(H2,17,18,21). The van der Waals surface area contributed by atoms with Crippen LogP contribution in [0.2, 0.25) is 0 Å². The number of amides is 2. The van der Waals surface area contributed by atoms with Gasteiger partial charge in [-0.1, -0.05) is 12.1 Å². The highest BCUT2D eigenvalue weighted by molar-refractivity contribution is 5.90. The summed E-state index contributed by atoms with van der Waals surface area (Å²) in [7, 11) is 0. The first-order valence-corrected chi connectivity index (χ1v) is 7.29. The Balaban J connectivity index is 1.99. The van der Waals surface area contributed by atoms with Gasteiger partial charge >= 0.3 is 12.0 Å². The number of carbonyl (C=O) groups excluding carboxylic acids is 1. The van der Waals surface area contributed by atoms with Crippen molar-refractivity contribution in [3.05, 3.63) is 29.3 Å². The fourth-order valence-corrected chi connectivity index (χ4v) is 2.44. The maximum absolute atomic E-state index is 12.0. The summed E-state index contributed by atoms with van der Waals surface area (Å²) >= 11 is 0. The van der Waals surface area contributed by atoms with E-state index in [4.69, 9.17) is 5.11 Å². The first-order valence-electron chi connectivity index (χ1n) is 7.29. The van der Waals surface area contributed by atoms with Crippen molar-refractivity contribution in [1.29, 1.82) is 0 Å². The predicted octanol–water partition coefficient (Wildman–Crippen LogP) is 2.80. The van der Waals surface area contributed by atoms with Gasteiger partial charge in [0.2, 0.25) is 0 Å². The molecule has 0 atom stereocenters. The predicted molar refractivity (Wildman–Crippen MR) is 81.5 cm³/mol. The summed E-state index contributed by atoms with van der Waals surface area (Å²) in [5.74, 6) is -0.931. The fourth-order valence-electron chi connectivity index (χ4n) is 2.44. The van der Waals surface area contributed by atoms with Crippen LogP contribution in [0, 0.1) is 5.41 Å². The lowest BCUT2D eigenvalue weighted by Gasteiger charge is -2.22. The molecule has 0 aromatic heterocycles. The molecule has 0 fully saturated rings. The van der Waals surface area contributed by atoms with E-state index >= 15 is 0 Å². The summed E-state index contributed by atoms with van der Waals surface area (Å²) in [6.45, 7) is 3.25. The normalized spacial score (nSPS) is 14.2. The number of anilines is 1. The molecule has 1 aliphatic carbocycles. The van der Waals surface area contributed by atoms with Crippen molar-refractivity contribution < 1.29 is 14.7 Å². The minimum absolute atomic E-state index is 0.0865. The fraction of sp³-hybridized carbons (Fsp3) is 0.500. The molecule has 1 aliphatic rings. The van der Waals surface area contributed by atoms with Crippen LogP contribution in [0.5, 0.6) is 0 Å². The molecule has 1 aromatic carbocycles. The van der Waals surface area contributed by atoms with Crippen molar-refractivity contribution in [3.8, 4) is 0 Å². The molecular weight excluding hydrogens is 268 g/mol. The van der Waals surface area contributed by atoms with Crippen LogP contribution in [0.1, 0.15) is 37.8 Å². The minimum Gasteiger partial charge on any atom is -0.481 e. The molecule has 5 heteroatoms. The topological polar surface area (TPSA) is 78.4 Å². The third-order valence-electron chi connectivity index (χ3n) is 3.91. The van der Waals surface area contributed by atoms with E-state index in [9.17, 15) is 9.59 Å². The van der Waals surface area contributed by atoms with Gasteiger partial charge in [-0.3, -0.25) is 4.79 Å². The Hall–Kier alpha value is -2.04. The van der Waals surface area contributed by atoms with Gasteiger partial charge < -0.3 is 15.7 Å². The average Bonchev–Trinajstić information content (AvgIpc) is 2.45. The maximum Gasteiger partial charge on any atom is 0.319 e. The second-order valence-corrected chi connectivity index (χ2v) is 6.15. The van der Waals surface area contributed by atoms with Crippen LogP contribution in [-0.2, 0) is 17.6 Å². The summed E-state index contributed by atoms with van der Waals surface area (Å²) in [6.07, 6.45) is 4.36. The van der Waals surface area contributed by atoms with Gasteiger partial charge in [0, 0.05) is 12.2 Å². The van der Waals surface area contributed by atoms with E-state index in [1.165, 1.54) is 17.5 Å². The lowest BCUT2D eigenvalue weighted by molar-refractivity contribution is -0.146. The Morgan fingerprint density at radius 3 is 2.67 bits per heavy atom.